The van der Waals surface area contributed by atoms with E-state index in [9.17, 15) is 0 Å². The molecule has 0 bridgehead atoms. The third kappa shape index (κ3) is 5.90. The fourth-order valence-corrected chi connectivity index (χ4v) is 2.12. The molecule has 0 aromatic heterocycles. The zero-order chi connectivity index (χ0) is 9.78. The summed E-state index contributed by atoms with van der Waals surface area (Å²) in [7, 11) is 0. The summed E-state index contributed by atoms with van der Waals surface area (Å²) < 4.78 is 0.377. The van der Waals surface area contributed by atoms with Crippen LogP contribution in [0, 0.1) is 11.8 Å². The van der Waals surface area contributed by atoms with E-state index in [2.05, 4.69) is 34.6 Å². The van der Waals surface area contributed by atoms with Crippen molar-refractivity contribution in [2.75, 3.05) is 12.3 Å². The van der Waals surface area contributed by atoms with Crippen LogP contribution >= 0.6 is 11.8 Å². The highest BCUT2D eigenvalue weighted by atomic mass is 32.2. The summed E-state index contributed by atoms with van der Waals surface area (Å²) in [5.41, 5.74) is 5.69. The molecular weight excluding hydrogens is 166 g/mol. The monoisotopic (exact) mass is 189 g/mol. The molecule has 0 aliphatic rings. The standard InChI is InChI=1S/C10H23NS/c1-8(2)9(6-11)7-12-10(3,4)5/h8-9H,6-7,11H2,1-5H3. The van der Waals surface area contributed by atoms with Crippen molar-refractivity contribution in [2.45, 2.75) is 39.4 Å². The van der Waals surface area contributed by atoms with Crippen LogP contribution in [0.4, 0.5) is 0 Å². The Bertz CT molecular complexity index is 115. The molecule has 0 heterocycles. The molecule has 0 aromatic rings. The molecule has 1 atom stereocenters. The number of hydrogen-bond acceptors (Lipinski definition) is 2. The molecular formula is C10H23NS. The SMILES string of the molecule is CC(C)C(CN)CSC(C)(C)C. The lowest BCUT2D eigenvalue weighted by Crippen LogP contribution is -2.24. The molecule has 0 rings (SSSR count). The van der Waals surface area contributed by atoms with Crippen LogP contribution in [0.25, 0.3) is 0 Å². The Balaban J connectivity index is 3.73. The van der Waals surface area contributed by atoms with Crippen LogP contribution in [0.3, 0.4) is 0 Å². The smallest absolute Gasteiger partial charge is 0.00752 e. The second kappa shape index (κ2) is 5.13. The first-order valence-electron chi connectivity index (χ1n) is 4.71. The topological polar surface area (TPSA) is 26.0 Å². The first-order valence-corrected chi connectivity index (χ1v) is 5.69. The Morgan fingerprint density at radius 2 is 1.75 bits per heavy atom. The van der Waals surface area contributed by atoms with Crippen molar-refractivity contribution in [3.63, 3.8) is 0 Å². The Morgan fingerprint density at radius 1 is 1.25 bits per heavy atom. The quantitative estimate of drug-likeness (QED) is 0.736. The first kappa shape index (κ1) is 12.3. The fourth-order valence-electron chi connectivity index (χ4n) is 0.890. The lowest BCUT2D eigenvalue weighted by atomic mass is 9.98. The van der Waals surface area contributed by atoms with Gasteiger partial charge in [0.1, 0.15) is 0 Å². The van der Waals surface area contributed by atoms with Crippen molar-refractivity contribution in [1.29, 1.82) is 0 Å². The van der Waals surface area contributed by atoms with Crippen LogP contribution in [0.2, 0.25) is 0 Å². The van der Waals surface area contributed by atoms with Crippen molar-refractivity contribution in [3.05, 3.63) is 0 Å². The van der Waals surface area contributed by atoms with E-state index in [4.69, 9.17) is 5.73 Å². The van der Waals surface area contributed by atoms with E-state index in [1.165, 1.54) is 5.75 Å². The predicted molar refractivity (Wildman–Crippen MR) is 59.6 cm³/mol. The van der Waals surface area contributed by atoms with Gasteiger partial charge in [-0.3, -0.25) is 0 Å². The molecule has 0 amide bonds. The molecule has 0 aromatic carbocycles. The average Bonchev–Trinajstić information content (AvgIpc) is 1.85. The van der Waals surface area contributed by atoms with E-state index in [-0.39, 0.29) is 0 Å². The Hall–Kier alpha value is 0.310. The number of rotatable bonds is 4. The summed E-state index contributed by atoms with van der Waals surface area (Å²) in [5, 5.41) is 0. The average molecular weight is 189 g/mol. The van der Waals surface area contributed by atoms with Crippen LogP contribution in [0.15, 0.2) is 0 Å². The van der Waals surface area contributed by atoms with Crippen LogP contribution < -0.4 is 5.73 Å². The third-order valence-electron chi connectivity index (χ3n) is 1.98. The van der Waals surface area contributed by atoms with E-state index in [0.717, 1.165) is 6.54 Å². The molecule has 0 radical (unpaired) electrons. The molecule has 0 aliphatic heterocycles. The van der Waals surface area contributed by atoms with Gasteiger partial charge in [0.2, 0.25) is 0 Å². The van der Waals surface area contributed by atoms with E-state index in [0.29, 0.717) is 16.6 Å². The van der Waals surface area contributed by atoms with E-state index in [1.54, 1.807) is 0 Å². The first-order chi connectivity index (χ1) is 5.37. The lowest BCUT2D eigenvalue weighted by Gasteiger charge is -2.24. The molecule has 2 N–H and O–H groups in total. The van der Waals surface area contributed by atoms with Gasteiger partial charge in [-0.25, -0.2) is 0 Å². The molecule has 1 nitrogen and oxygen atoms in total. The molecule has 0 aliphatic carbocycles. The van der Waals surface area contributed by atoms with Gasteiger partial charge < -0.3 is 5.73 Å². The summed E-state index contributed by atoms with van der Waals surface area (Å²) in [6, 6.07) is 0. The molecule has 0 fully saturated rings. The number of thioether (sulfide) groups is 1. The zero-order valence-electron chi connectivity index (χ0n) is 9.05. The molecule has 0 saturated heterocycles. The Kier molecular flexibility index (Phi) is 5.26. The maximum absolute atomic E-state index is 5.69. The second-order valence-corrected chi connectivity index (χ2v) is 6.51. The zero-order valence-corrected chi connectivity index (χ0v) is 9.87. The lowest BCUT2D eigenvalue weighted by molar-refractivity contribution is 0.436. The van der Waals surface area contributed by atoms with Gasteiger partial charge in [0.15, 0.2) is 0 Å². The van der Waals surface area contributed by atoms with Gasteiger partial charge >= 0.3 is 0 Å². The van der Waals surface area contributed by atoms with Crippen LogP contribution in [0.1, 0.15) is 34.6 Å². The second-order valence-electron chi connectivity index (χ2n) is 4.66. The number of nitrogens with two attached hydrogens (primary N) is 1. The highest BCUT2D eigenvalue weighted by molar-refractivity contribution is 8.00. The predicted octanol–water partition coefficient (Wildman–Crippen LogP) is 2.75. The number of hydrogen-bond donors (Lipinski definition) is 1. The molecule has 0 spiro atoms. The minimum atomic E-state index is 0.377. The van der Waals surface area contributed by atoms with Crippen molar-refractivity contribution in [2.24, 2.45) is 17.6 Å². The molecule has 74 valence electrons. The molecule has 0 saturated carbocycles. The maximum atomic E-state index is 5.69. The van der Waals surface area contributed by atoms with Gasteiger partial charge in [0.05, 0.1) is 0 Å². The van der Waals surface area contributed by atoms with Gasteiger partial charge in [-0.1, -0.05) is 34.6 Å². The normalized spacial score (nSPS) is 15.2. The minimum Gasteiger partial charge on any atom is -0.330 e. The molecule has 1 unspecified atom stereocenters. The third-order valence-corrected chi connectivity index (χ3v) is 3.44. The summed E-state index contributed by atoms with van der Waals surface area (Å²) >= 11 is 2.01. The summed E-state index contributed by atoms with van der Waals surface area (Å²) in [6.07, 6.45) is 0. The van der Waals surface area contributed by atoms with E-state index < -0.39 is 0 Å². The Labute approximate surface area is 81.5 Å². The molecule has 12 heavy (non-hydrogen) atoms. The van der Waals surface area contributed by atoms with Gasteiger partial charge in [-0.2, -0.15) is 11.8 Å². The van der Waals surface area contributed by atoms with Gasteiger partial charge in [0, 0.05) is 4.75 Å². The highest BCUT2D eigenvalue weighted by Crippen LogP contribution is 2.27. The van der Waals surface area contributed by atoms with Crippen molar-refractivity contribution in [1.82, 2.24) is 0 Å². The van der Waals surface area contributed by atoms with Gasteiger partial charge in [-0.15, -0.1) is 0 Å². The molecule has 2 heteroatoms. The van der Waals surface area contributed by atoms with Crippen LogP contribution in [0.5, 0.6) is 0 Å². The van der Waals surface area contributed by atoms with Gasteiger partial charge in [-0.05, 0) is 24.1 Å². The van der Waals surface area contributed by atoms with Crippen LogP contribution in [-0.4, -0.2) is 17.0 Å². The van der Waals surface area contributed by atoms with Crippen LogP contribution in [-0.2, 0) is 0 Å². The van der Waals surface area contributed by atoms with Crippen molar-refractivity contribution < 1.29 is 0 Å². The summed E-state index contributed by atoms with van der Waals surface area (Å²) in [4.78, 5) is 0. The van der Waals surface area contributed by atoms with E-state index in [1.807, 2.05) is 11.8 Å². The Morgan fingerprint density at radius 3 is 2.00 bits per heavy atom. The van der Waals surface area contributed by atoms with Crippen molar-refractivity contribution >= 4 is 11.8 Å². The maximum Gasteiger partial charge on any atom is 0.00752 e. The minimum absolute atomic E-state index is 0.377. The largest absolute Gasteiger partial charge is 0.330 e. The van der Waals surface area contributed by atoms with Gasteiger partial charge in [0.25, 0.3) is 0 Å². The van der Waals surface area contributed by atoms with Crippen molar-refractivity contribution in [3.8, 4) is 0 Å². The summed E-state index contributed by atoms with van der Waals surface area (Å²) in [6.45, 7) is 12.1. The van der Waals surface area contributed by atoms with E-state index >= 15 is 0 Å². The fraction of sp³-hybridized carbons (Fsp3) is 1.00. The highest BCUT2D eigenvalue weighted by Gasteiger charge is 2.16. The summed E-state index contributed by atoms with van der Waals surface area (Å²) in [5.74, 6) is 2.58.